The van der Waals surface area contributed by atoms with Crippen LogP contribution < -0.4 is 16.0 Å². The molecule has 1 aliphatic heterocycles. The SMILES string of the molecule is CNC1CCN(Cc2cc(F)cc(NC(=O)Nc3cccnc3)c2)CC1. The van der Waals surface area contributed by atoms with Gasteiger partial charge in [0.25, 0.3) is 0 Å². The fourth-order valence-electron chi connectivity index (χ4n) is 3.18. The third-order valence-electron chi connectivity index (χ3n) is 4.54. The van der Waals surface area contributed by atoms with E-state index in [2.05, 4.69) is 25.8 Å². The standard InChI is InChI=1S/C19H24FN5O/c1-21-16-4-7-25(8-5-16)13-14-9-15(20)11-18(10-14)24-19(26)23-17-3-2-6-22-12-17/h2-3,6,9-12,16,21H,4-5,7-8,13H2,1H3,(H2,23,24,26). The minimum Gasteiger partial charge on any atom is -0.317 e. The Morgan fingerprint density at radius 2 is 2.00 bits per heavy atom. The number of likely N-dealkylation sites (tertiary alicyclic amines) is 1. The number of piperidine rings is 1. The van der Waals surface area contributed by atoms with E-state index in [-0.39, 0.29) is 5.82 Å². The Hall–Kier alpha value is -2.51. The summed E-state index contributed by atoms with van der Waals surface area (Å²) in [6, 6.07) is 8.26. The molecule has 0 saturated carbocycles. The van der Waals surface area contributed by atoms with E-state index in [1.807, 2.05) is 13.1 Å². The van der Waals surface area contributed by atoms with Gasteiger partial charge in [-0.3, -0.25) is 9.88 Å². The maximum Gasteiger partial charge on any atom is 0.323 e. The van der Waals surface area contributed by atoms with Crippen LogP contribution in [0.25, 0.3) is 0 Å². The highest BCUT2D eigenvalue weighted by molar-refractivity contribution is 5.99. The Morgan fingerprint density at radius 1 is 1.23 bits per heavy atom. The van der Waals surface area contributed by atoms with Crippen LogP contribution in [-0.2, 0) is 6.54 Å². The predicted octanol–water partition coefficient (Wildman–Crippen LogP) is 3.05. The highest BCUT2D eigenvalue weighted by atomic mass is 19.1. The summed E-state index contributed by atoms with van der Waals surface area (Å²) in [4.78, 5) is 18.3. The summed E-state index contributed by atoms with van der Waals surface area (Å²) in [5, 5.41) is 8.65. The molecule has 1 saturated heterocycles. The summed E-state index contributed by atoms with van der Waals surface area (Å²) >= 11 is 0. The monoisotopic (exact) mass is 357 g/mol. The first-order valence-electron chi connectivity index (χ1n) is 8.79. The lowest BCUT2D eigenvalue weighted by Crippen LogP contribution is -2.40. The fraction of sp³-hybridized carbons (Fsp3) is 0.368. The molecule has 2 heterocycles. The number of anilines is 2. The van der Waals surface area contributed by atoms with E-state index < -0.39 is 6.03 Å². The number of amides is 2. The van der Waals surface area contributed by atoms with Crippen LogP contribution in [0.15, 0.2) is 42.7 Å². The summed E-state index contributed by atoms with van der Waals surface area (Å²) in [7, 11) is 1.99. The topological polar surface area (TPSA) is 69.3 Å². The van der Waals surface area contributed by atoms with Gasteiger partial charge in [0, 0.05) is 24.5 Å². The number of carbonyl (C=O) groups is 1. The number of pyridine rings is 1. The lowest BCUT2D eigenvalue weighted by Gasteiger charge is -2.31. The second kappa shape index (κ2) is 8.73. The third kappa shape index (κ3) is 5.24. The molecule has 1 aromatic heterocycles. The van der Waals surface area contributed by atoms with Crippen LogP contribution >= 0.6 is 0 Å². The summed E-state index contributed by atoms with van der Waals surface area (Å²) in [5.74, 6) is -0.357. The Balaban J connectivity index is 1.59. The second-order valence-electron chi connectivity index (χ2n) is 6.51. The van der Waals surface area contributed by atoms with Gasteiger partial charge in [0.15, 0.2) is 0 Å². The molecule has 0 bridgehead atoms. The number of hydrogen-bond donors (Lipinski definition) is 3. The van der Waals surface area contributed by atoms with Gasteiger partial charge in [-0.25, -0.2) is 9.18 Å². The van der Waals surface area contributed by atoms with E-state index in [9.17, 15) is 9.18 Å². The largest absolute Gasteiger partial charge is 0.323 e. The Bertz CT molecular complexity index is 732. The summed E-state index contributed by atoms with van der Waals surface area (Å²) in [6.45, 7) is 2.63. The van der Waals surface area contributed by atoms with Crippen molar-refractivity contribution in [2.75, 3.05) is 30.8 Å². The molecule has 26 heavy (non-hydrogen) atoms. The highest BCUT2D eigenvalue weighted by Gasteiger charge is 2.18. The Kier molecular flexibility index (Phi) is 6.14. The van der Waals surface area contributed by atoms with Gasteiger partial charge >= 0.3 is 6.03 Å². The first-order valence-corrected chi connectivity index (χ1v) is 8.79. The molecular weight excluding hydrogens is 333 g/mol. The molecule has 1 aliphatic rings. The molecule has 138 valence electrons. The van der Waals surface area contributed by atoms with E-state index >= 15 is 0 Å². The minimum absolute atomic E-state index is 0.357. The third-order valence-corrected chi connectivity index (χ3v) is 4.54. The van der Waals surface area contributed by atoms with Crippen molar-refractivity contribution in [3.05, 3.63) is 54.1 Å². The molecule has 3 rings (SSSR count). The van der Waals surface area contributed by atoms with E-state index in [4.69, 9.17) is 0 Å². The smallest absolute Gasteiger partial charge is 0.317 e. The Labute approximate surface area is 152 Å². The van der Waals surface area contributed by atoms with Crippen LogP contribution in [0.1, 0.15) is 18.4 Å². The van der Waals surface area contributed by atoms with Crippen LogP contribution in [0.5, 0.6) is 0 Å². The van der Waals surface area contributed by atoms with Crippen LogP contribution in [0.2, 0.25) is 0 Å². The normalized spacial score (nSPS) is 15.6. The van der Waals surface area contributed by atoms with Gasteiger partial charge in [0.05, 0.1) is 11.9 Å². The molecule has 2 aromatic rings. The number of nitrogens with zero attached hydrogens (tertiary/aromatic N) is 2. The van der Waals surface area contributed by atoms with Gasteiger partial charge in [0.2, 0.25) is 0 Å². The molecule has 0 unspecified atom stereocenters. The number of benzene rings is 1. The van der Waals surface area contributed by atoms with Crippen molar-refractivity contribution < 1.29 is 9.18 Å². The van der Waals surface area contributed by atoms with Crippen molar-refractivity contribution in [2.24, 2.45) is 0 Å². The maximum atomic E-state index is 14.0. The number of urea groups is 1. The summed E-state index contributed by atoms with van der Waals surface area (Å²) in [5.41, 5.74) is 1.87. The fourth-order valence-corrected chi connectivity index (χ4v) is 3.18. The van der Waals surface area contributed by atoms with Gasteiger partial charge in [0.1, 0.15) is 5.82 Å². The zero-order valence-corrected chi connectivity index (χ0v) is 14.8. The highest BCUT2D eigenvalue weighted by Crippen LogP contribution is 2.19. The van der Waals surface area contributed by atoms with Crippen molar-refractivity contribution in [1.82, 2.24) is 15.2 Å². The molecule has 0 radical (unpaired) electrons. The van der Waals surface area contributed by atoms with Crippen LogP contribution in [0.3, 0.4) is 0 Å². The molecule has 0 atom stereocenters. The molecule has 0 spiro atoms. The number of aromatic nitrogens is 1. The summed E-state index contributed by atoms with van der Waals surface area (Å²) in [6.07, 6.45) is 5.35. The van der Waals surface area contributed by atoms with Gasteiger partial charge in [-0.2, -0.15) is 0 Å². The Morgan fingerprint density at radius 3 is 2.69 bits per heavy atom. The molecule has 0 aliphatic carbocycles. The number of hydrogen-bond acceptors (Lipinski definition) is 4. The van der Waals surface area contributed by atoms with Crippen LogP contribution in [0.4, 0.5) is 20.6 Å². The maximum absolute atomic E-state index is 14.0. The average molecular weight is 357 g/mol. The molecule has 2 amide bonds. The van der Waals surface area contributed by atoms with Crippen LogP contribution in [0, 0.1) is 5.82 Å². The van der Waals surface area contributed by atoms with Crippen molar-refractivity contribution in [3.63, 3.8) is 0 Å². The van der Waals surface area contributed by atoms with E-state index in [0.717, 1.165) is 31.5 Å². The molecule has 1 aromatic carbocycles. The van der Waals surface area contributed by atoms with E-state index in [0.29, 0.717) is 24.0 Å². The van der Waals surface area contributed by atoms with E-state index in [1.165, 1.54) is 12.1 Å². The predicted molar refractivity (Wildman–Crippen MR) is 101 cm³/mol. The van der Waals surface area contributed by atoms with Crippen molar-refractivity contribution >= 4 is 17.4 Å². The summed E-state index contributed by atoms with van der Waals surface area (Å²) < 4.78 is 14.0. The molecule has 3 N–H and O–H groups in total. The first kappa shape index (κ1) is 18.3. The zero-order valence-electron chi connectivity index (χ0n) is 14.8. The molecular formula is C19H24FN5O. The lowest BCUT2D eigenvalue weighted by molar-refractivity contribution is 0.194. The molecule has 1 fully saturated rings. The molecule has 6 nitrogen and oxygen atoms in total. The second-order valence-corrected chi connectivity index (χ2v) is 6.51. The minimum atomic E-state index is -0.426. The van der Waals surface area contributed by atoms with E-state index in [1.54, 1.807) is 24.5 Å². The van der Waals surface area contributed by atoms with Gasteiger partial charge in [-0.15, -0.1) is 0 Å². The number of halogens is 1. The molecule has 7 heteroatoms. The van der Waals surface area contributed by atoms with Gasteiger partial charge in [-0.1, -0.05) is 0 Å². The number of nitrogens with one attached hydrogen (secondary N) is 3. The van der Waals surface area contributed by atoms with Crippen molar-refractivity contribution in [1.29, 1.82) is 0 Å². The van der Waals surface area contributed by atoms with Crippen molar-refractivity contribution in [2.45, 2.75) is 25.4 Å². The van der Waals surface area contributed by atoms with Crippen molar-refractivity contribution in [3.8, 4) is 0 Å². The zero-order chi connectivity index (χ0) is 18.4. The number of carbonyl (C=O) groups excluding carboxylic acids is 1. The average Bonchev–Trinajstić information content (AvgIpc) is 2.62. The lowest BCUT2D eigenvalue weighted by atomic mass is 10.0. The van der Waals surface area contributed by atoms with Crippen LogP contribution in [-0.4, -0.2) is 42.1 Å². The van der Waals surface area contributed by atoms with Gasteiger partial charge in [-0.05, 0) is 68.9 Å². The quantitative estimate of drug-likeness (QED) is 0.769. The first-order chi connectivity index (χ1) is 12.6. The van der Waals surface area contributed by atoms with Gasteiger partial charge < -0.3 is 16.0 Å². The number of rotatable bonds is 5.